The number of hydrogen-bond donors (Lipinski definition) is 0. The fourth-order valence-electron chi connectivity index (χ4n) is 3.11. The Morgan fingerprint density at radius 2 is 1.76 bits per heavy atom. The van der Waals surface area contributed by atoms with Gasteiger partial charge >= 0.3 is 0 Å². The van der Waals surface area contributed by atoms with E-state index in [2.05, 4.69) is 14.9 Å². The number of hydrogen-bond acceptors (Lipinski definition) is 7. The van der Waals surface area contributed by atoms with Crippen LogP contribution in [-0.4, -0.2) is 46.2 Å². The Bertz CT molecular complexity index is 1040. The molecule has 5 rings (SSSR count). The smallest absolute Gasteiger partial charge is 0.196 e. The van der Waals surface area contributed by atoms with Gasteiger partial charge in [-0.15, -0.1) is 0 Å². The maximum atomic E-state index is 6.09. The molecule has 4 heterocycles. The number of benzene rings is 1. The molecule has 1 fully saturated rings. The van der Waals surface area contributed by atoms with Crippen LogP contribution in [0.2, 0.25) is 0 Å². The molecule has 0 unspecified atom stereocenters. The van der Waals surface area contributed by atoms with Crippen molar-refractivity contribution in [3.63, 3.8) is 0 Å². The quantitative estimate of drug-likeness (QED) is 0.558. The Hall–Kier alpha value is -3.06. The molecule has 7 heteroatoms. The van der Waals surface area contributed by atoms with Gasteiger partial charge in [-0.05, 0) is 12.1 Å². The van der Waals surface area contributed by atoms with Crippen LogP contribution < -0.4 is 4.90 Å². The monoisotopic (exact) mass is 333 g/mol. The normalized spacial score (nSPS) is 15.1. The zero-order valence-corrected chi connectivity index (χ0v) is 13.4. The molecule has 0 N–H and O–H groups in total. The summed E-state index contributed by atoms with van der Waals surface area (Å²) >= 11 is 0. The molecule has 1 saturated heterocycles. The van der Waals surface area contributed by atoms with Crippen molar-refractivity contribution < 1.29 is 9.15 Å². The van der Waals surface area contributed by atoms with Gasteiger partial charge in [0.15, 0.2) is 17.2 Å². The van der Waals surface area contributed by atoms with Gasteiger partial charge in [-0.25, -0.2) is 19.9 Å². The number of furan rings is 1. The minimum absolute atomic E-state index is 0.598. The van der Waals surface area contributed by atoms with E-state index in [0.717, 1.165) is 41.0 Å². The predicted octanol–water partition coefficient (Wildman–Crippen LogP) is 2.67. The van der Waals surface area contributed by atoms with E-state index in [1.54, 1.807) is 12.4 Å². The van der Waals surface area contributed by atoms with E-state index in [-0.39, 0.29) is 0 Å². The zero-order chi connectivity index (χ0) is 16.6. The van der Waals surface area contributed by atoms with E-state index < -0.39 is 0 Å². The zero-order valence-electron chi connectivity index (χ0n) is 13.4. The van der Waals surface area contributed by atoms with Crippen LogP contribution in [-0.2, 0) is 4.74 Å². The summed E-state index contributed by atoms with van der Waals surface area (Å²) < 4.78 is 11.6. The standard InChI is InChI=1S/C18H15N5O2/c1-2-4-14-13(3-1)15-16(25-14)18(23-5-7-24-8-6-23)22-17(21-15)12-9-19-11-20-10-12/h1-4,9-11H,5-8H2. The van der Waals surface area contributed by atoms with Gasteiger partial charge in [0, 0.05) is 30.9 Å². The topological polar surface area (TPSA) is 77.2 Å². The van der Waals surface area contributed by atoms with Crippen molar-refractivity contribution in [2.45, 2.75) is 0 Å². The number of rotatable bonds is 2. The second-order valence-corrected chi connectivity index (χ2v) is 5.87. The minimum atomic E-state index is 0.598. The molecule has 0 radical (unpaired) electrons. The Kier molecular flexibility index (Phi) is 3.31. The van der Waals surface area contributed by atoms with Crippen LogP contribution >= 0.6 is 0 Å². The Morgan fingerprint density at radius 1 is 0.960 bits per heavy atom. The summed E-state index contributed by atoms with van der Waals surface area (Å²) in [6.45, 7) is 2.90. The van der Waals surface area contributed by atoms with Gasteiger partial charge in [-0.3, -0.25) is 0 Å². The predicted molar refractivity (Wildman–Crippen MR) is 93.4 cm³/mol. The molecule has 0 bridgehead atoms. The highest BCUT2D eigenvalue weighted by atomic mass is 16.5. The SMILES string of the molecule is c1ccc2c(c1)oc1c(N3CCOCC3)nc(-c3cncnc3)nc12. The van der Waals surface area contributed by atoms with Gasteiger partial charge < -0.3 is 14.1 Å². The first kappa shape index (κ1) is 14.3. The van der Waals surface area contributed by atoms with E-state index in [1.807, 2.05) is 24.3 Å². The van der Waals surface area contributed by atoms with Gasteiger partial charge in [0.05, 0.1) is 18.8 Å². The highest BCUT2D eigenvalue weighted by Crippen LogP contribution is 2.34. The molecule has 3 aromatic heterocycles. The third kappa shape index (κ3) is 2.40. The molecule has 1 aliphatic rings. The lowest BCUT2D eigenvalue weighted by Crippen LogP contribution is -2.37. The molecule has 0 atom stereocenters. The van der Waals surface area contributed by atoms with Crippen molar-refractivity contribution in [3.05, 3.63) is 43.0 Å². The second kappa shape index (κ2) is 5.78. The molecule has 124 valence electrons. The summed E-state index contributed by atoms with van der Waals surface area (Å²) in [5, 5.41) is 0.979. The molecule has 7 nitrogen and oxygen atoms in total. The first-order chi connectivity index (χ1) is 12.4. The van der Waals surface area contributed by atoms with Crippen molar-refractivity contribution in [3.8, 4) is 11.4 Å². The first-order valence-corrected chi connectivity index (χ1v) is 8.17. The Balaban J connectivity index is 1.80. The Labute approximate surface area is 143 Å². The largest absolute Gasteiger partial charge is 0.450 e. The lowest BCUT2D eigenvalue weighted by Gasteiger charge is -2.27. The lowest BCUT2D eigenvalue weighted by atomic mass is 10.2. The lowest BCUT2D eigenvalue weighted by molar-refractivity contribution is 0.122. The third-order valence-corrected chi connectivity index (χ3v) is 4.33. The van der Waals surface area contributed by atoms with Gasteiger partial charge in [0.2, 0.25) is 0 Å². The van der Waals surface area contributed by atoms with Crippen molar-refractivity contribution in [1.29, 1.82) is 0 Å². The molecule has 0 saturated carbocycles. The van der Waals surface area contributed by atoms with E-state index in [4.69, 9.17) is 19.1 Å². The summed E-state index contributed by atoms with van der Waals surface area (Å²) in [4.78, 5) is 19.9. The van der Waals surface area contributed by atoms with E-state index >= 15 is 0 Å². The van der Waals surface area contributed by atoms with Crippen molar-refractivity contribution >= 4 is 27.9 Å². The second-order valence-electron chi connectivity index (χ2n) is 5.87. The summed E-state index contributed by atoms with van der Waals surface area (Å²) in [6.07, 6.45) is 4.94. The van der Waals surface area contributed by atoms with Gasteiger partial charge in [0.25, 0.3) is 0 Å². The van der Waals surface area contributed by atoms with Gasteiger partial charge in [-0.1, -0.05) is 12.1 Å². The number of ether oxygens (including phenoxy) is 1. The average molecular weight is 333 g/mol. The minimum Gasteiger partial charge on any atom is -0.450 e. The van der Waals surface area contributed by atoms with Crippen LogP contribution in [0.3, 0.4) is 0 Å². The number of fused-ring (bicyclic) bond motifs is 3. The number of nitrogens with zero attached hydrogens (tertiary/aromatic N) is 5. The maximum Gasteiger partial charge on any atom is 0.196 e. The molecular weight excluding hydrogens is 318 g/mol. The van der Waals surface area contributed by atoms with Gasteiger partial charge in [0.1, 0.15) is 17.4 Å². The van der Waals surface area contributed by atoms with Crippen LogP contribution in [0.4, 0.5) is 5.82 Å². The number of aromatic nitrogens is 4. The van der Waals surface area contributed by atoms with Crippen molar-refractivity contribution in [2.75, 3.05) is 31.2 Å². The Morgan fingerprint density at radius 3 is 2.60 bits per heavy atom. The molecular formula is C18H15N5O2. The summed E-state index contributed by atoms with van der Waals surface area (Å²) in [7, 11) is 0. The van der Waals surface area contributed by atoms with Crippen LogP contribution in [0.1, 0.15) is 0 Å². The molecule has 1 aliphatic heterocycles. The van der Waals surface area contributed by atoms with Crippen molar-refractivity contribution in [1.82, 2.24) is 19.9 Å². The molecule has 0 spiro atoms. The number of para-hydroxylation sites is 1. The highest BCUT2D eigenvalue weighted by molar-refractivity contribution is 6.06. The van der Waals surface area contributed by atoms with E-state index in [9.17, 15) is 0 Å². The molecule has 0 amide bonds. The van der Waals surface area contributed by atoms with Crippen LogP contribution in [0.25, 0.3) is 33.5 Å². The van der Waals surface area contributed by atoms with Crippen LogP contribution in [0, 0.1) is 0 Å². The van der Waals surface area contributed by atoms with E-state index in [1.165, 1.54) is 6.33 Å². The third-order valence-electron chi connectivity index (χ3n) is 4.33. The number of morpholine rings is 1. The van der Waals surface area contributed by atoms with Crippen molar-refractivity contribution in [2.24, 2.45) is 0 Å². The van der Waals surface area contributed by atoms with E-state index in [0.29, 0.717) is 24.6 Å². The fourth-order valence-corrected chi connectivity index (χ4v) is 3.11. The number of anilines is 1. The van der Waals surface area contributed by atoms with Crippen LogP contribution in [0.5, 0.6) is 0 Å². The summed E-state index contributed by atoms with van der Waals surface area (Å²) in [5.74, 6) is 1.39. The molecule has 4 aromatic rings. The molecule has 1 aromatic carbocycles. The fraction of sp³-hybridized carbons (Fsp3) is 0.222. The average Bonchev–Trinajstić information content (AvgIpc) is 3.07. The first-order valence-electron chi connectivity index (χ1n) is 8.17. The summed E-state index contributed by atoms with van der Waals surface area (Å²) in [6, 6.07) is 7.91. The summed E-state index contributed by atoms with van der Waals surface area (Å²) in [5.41, 5.74) is 3.11. The van der Waals surface area contributed by atoms with Gasteiger partial charge in [-0.2, -0.15) is 0 Å². The molecule has 25 heavy (non-hydrogen) atoms. The molecule has 0 aliphatic carbocycles. The van der Waals surface area contributed by atoms with Crippen LogP contribution in [0.15, 0.2) is 47.4 Å². The highest BCUT2D eigenvalue weighted by Gasteiger charge is 2.22. The maximum absolute atomic E-state index is 6.09.